The van der Waals surface area contributed by atoms with Crippen LogP contribution in [0.25, 0.3) is 28.1 Å². The van der Waals surface area contributed by atoms with E-state index in [4.69, 9.17) is 5.10 Å². The van der Waals surface area contributed by atoms with E-state index in [-0.39, 0.29) is 5.82 Å². The Balaban J connectivity index is 1.41. The first-order valence-corrected chi connectivity index (χ1v) is 12.1. The van der Waals surface area contributed by atoms with Gasteiger partial charge in [0.2, 0.25) is 0 Å². The fourth-order valence-corrected chi connectivity index (χ4v) is 5.75. The first kappa shape index (κ1) is 21.3. The molecule has 4 aromatic rings. The van der Waals surface area contributed by atoms with E-state index in [0.29, 0.717) is 18.2 Å². The molecule has 0 amide bonds. The number of piperidine rings is 1. The summed E-state index contributed by atoms with van der Waals surface area (Å²) in [6.07, 6.45) is 6.62. The molecule has 172 valence electrons. The monoisotopic (exact) mass is 453 g/mol. The van der Waals surface area contributed by atoms with Gasteiger partial charge in [0.1, 0.15) is 11.5 Å². The van der Waals surface area contributed by atoms with Gasteiger partial charge >= 0.3 is 0 Å². The van der Waals surface area contributed by atoms with Crippen molar-refractivity contribution in [1.82, 2.24) is 14.7 Å². The zero-order valence-corrected chi connectivity index (χ0v) is 19.1. The molecule has 0 aliphatic carbocycles. The van der Waals surface area contributed by atoms with Crippen LogP contribution in [0.3, 0.4) is 0 Å². The highest BCUT2D eigenvalue weighted by molar-refractivity contribution is 5.68. The smallest absolute Gasteiger partial charge is 0.132 e. The molecule has 2 aliphatic rings. The number of fused-ring (bicyclic) bond motifs is 2. The van der Waals surface area contributed by atoms with Crippen LogP contribution in [0.2, 0.25) is 0 Å². The predicted octanol–water partition coefficient (Wildman–Crippen LogP) is 6.18. The standard InChI is InChI=1S/C29H28FN3O/c30-27-11-5-4-10-26(27)28-23(20-32-24-9-6-17-29(32,34)18-16-24)19-31-33(28)25-14-12-22(13-15-25)21-7-2-1-3-8-21/h1-5,7-8,10-15,19,24,34H,6,9,16-18,20H2. The van der Waals surface area contributed by atoms with Crippen molar-refractivity contribution in [2.45, 2.75) is 50.4 Å². The van der Waals surface area contributed by atoms with Crippen molar-refractivity contribution >= 4 is 0 Å². The van der Waals surface area contributed by atoms with Gasteiger partial charge in [-0.25, -0.2) is 9.07 Å². The molecule has 1 aromatic heterocycles. The molecule has 2 aliphatic heterocycles. The van der Waals surface area contributed by atoms with E-state index in [2.05, 4.69) is 29.2 Å². The van der Waals surface area contributed by atoms with Crippen LogP contribution in [0.4, 0.5) is 4.39 Å². The second-order valence-electron chi connectivity index (χ2n) is 9.52. The van der Waals surface area contributed by atoms with Crippen molar-refractivity contribution in [3.05, 3.63) is 96.4 Å². The van der Waals surface area contributed by atoms with Gasteiger partial charge in [-0.05, 0) is 67.5 Å². The molecular weight excluding hydrogens is 425 g/mol. The number of hydrogen-bond acceptors (Lipinski definition) is 3. The van der Waals surface area contributed by atoms with E-state index in [1.54, 1.807) is 6.07 Å². The minimum absolute atomic E-state index is 0.272. The maximum absolute atomic E-state index is 15.0. The van der Waals surface area contributed by atoms with Crippen molar-refractivity contribution < 1.29 is 9.50 Å². The lowest BCUT2D eigenvalue weighted by Gasteiger charge is -2.41. The average molecular weight is 454 g/mol. The Morgan fingerprint density at radius 2 is 1.62 bits per heavy atom. The Bertz CT molecular complexity index is 1300. The first-order valence-electron chi connectivity index (χ1n) is 12.1. The van der Waals surface area contributed by atoms with E-state index in [9.17, 15) is 5.11 Å². The van der Waals surface area contributed by atoms with Gasteiger partial charge in [-0.15, -0.1) is 0 Å². The Labute approximate surface area is 199 Å². The zero-order valence-electron chi connectivity index (χ0n) is 19.1. The topological polar surface area (TPSA) is 41.3 Å². The molecule has 2 saturated heterocycles. The summed E-state index contributed by atoms with van der Waals surface area (Å²) in [5.41, 5.74) is 4.61. The molecule has 4 nitrogen and oxygen atoms in total. The van der Waals surface area contributed by atoms with Gasteiger partial charge in [0.15, 0.2) is 0 Å². The largest absolute Gasteiger partial charge is 0.376 e. The summed E-state index contributed by atoms with van der Waals surface area (Å²) >= 11 is 0. The maximum atomic E-state index is 15.0. The fourth-order valence-electron chi connectivity index (χ4n) is 5.75. The van der Waals surface area contributed by atoms with Crippen LogP contribution in [0.5, 0.6) is 0 Å². The Kier molecular flexibility index (Phi) is 5.31. The van der Waals surface area contributed by atoms with Crippen LogP contribution in [0.15, 0.2) is 85.1 Å². The molecule has 1 N–H and O–H groups in total. The quantitative estimate of drug-likeness (QED) is 0.392. The van der Waals surface area contributed by atoms with Crippen molar-refractivity contribution in [1.29, 1.82) is 0 Å². The van der Waals surface area contributed by atoms with E-state index in [1.165, 1.54) is 6.07 Å². The second-order valence-corrected chi connectivity index (χ2v) is 9.52. The molecular formula is C29H28FN3O. The molecule has 34 heavy (non-hydrogen) atoms. The fraction of sp³-hybridized carbons (Fsp3) is 0.276. The highest BCUT2D eigenvalue weighted by Crippen LogP contribution is 2.44. The van der Waals surface area contributed by atoms with Gasteiger partial charge in [0.25, 0.3) is 0 Å². The first-order chi connectivity index (χ1) is 16.6. The van der Waals surface area contributed by atoms with Gasteiger partial charge < -0.3 is 5.11 Å². The molecule has 0 saturated carbocycles. The number of rotatable bonds is 5. The summed E-state index contributed by atoms with van der Waals surface area (Å²) in [4.78, 5) is 2.22. The van der Waals surface area contributed by atoms with Gasteiger partial charge in [0.05, 0.1) is 17.6 Å². The lowest BCUT2D eigenvalue weighted by Crippen LogP contribution is -2.49. The van der Waals surface area contributed by atoms with Crippen LogP contribution in [0, 0.1) is 5.82 Å². The molecule has 2 atom stereocenters. The highest BCUT2D eigenvalue weighted by atomic mass is 19.1. The molecule has 3 heterocycles. The van der Waals surface area contributed by atoms with Crippen LogP contribution < -0.4 is 0 Å². The Morgan fingerprint density at radius 1 is 0.882 bits per heavy atom. The predicted molar refractivity (Wildman–Crippen MR) is 132 cm³/mol. The second kappa shape index (κ2) is 8.49. The van der Waals surface area contributed by atoms with Crippen molar-refractivity contribution in [3.63, 3.8) is 0 Å². The number of benzene rings is 3. The van der Waals surface area contributed by atoms with Crippen LogP contribution in [0.1, 0.15) is 37.7 Å². The van der Waals surface area contributed by atoms with Crippen molar-refractivity contribution in [2.24, 2.45) is 0 Å². The summed E-state index contributed by atoms with van der Waals surface area (Å²) in [5, 5.41) is 16.0. The number of nitrogens with zero attached hydrogens (tertiary/aromatic N) is 3. The van der Waals surface area contributed by atoms with E-state index in [1.807, 2.05) is 53.3 Å². The van der Waals surface area contributed by atoms with Gasteiger partial charge in [-0.3, -0.25) is 4.90 Å². The van der Waals surface area contributed by atoms with Crippen LogP contribution in [-0.4, -0.2) is 31.6 Å². The van der Waals surface area contributed by atoms with Crippen LogP contribution >= 0.6 is 0 Å². The molecule has 0 radical (unpaired) electrons. The summed E-state index contributed by atoms with van der Waals surface area (Å²) in [7, 11) is 0. The molecule has 2 unspecified atom stereocenters. The van der Waals surface area contributed by atoms with E-state index >= 15 is 4.39 Å². The van der Waals surface area contributed by atoms with Crippen LogP contribution in [-0.2, 0) is 6.54 Å². The Hall–Kier alpha value is -3.28. The molecule has 5 heteroatoms. The Morgan fingerprint density at radius 3 is 2.38 bits per heavy atom. The third-order valence-electron chi connectivity index (χ3n) is 7.50. The maximum Gasteiger partial charge on any atom is 0.132 e. The number of aromatic nitrogens is 2. The van der Waals surface area contributed by atoms with Gasteiger partial charge in [0, 0.05) is 23.7 Å². The molecule has 2 fully saturated rings. The molecule has 2 bridgehead atoms. The third-order valence-corrected chi connectivity index (χ3v) is 7.50. The summed E-state index contributed by atoms with van der Waals surface area (Å²) < 4.78 is 16.9. The average Bonchev–Trinajstić information content (AvgIpc) is 3.35. The van der Waals surface area contributed by atoms with Gasteiger partial charge in [-0.2, -0.15) is 5.10 Å². The van der Waals surface area contributed by atoms with E-state index < -0.39 is 5.72 Å². The number of aliphatic hydroxyl groups is 1. The highest BCUT2D eigenvalue weighted by Gasteiger charge is 2.47. The molecule has 3 aromatic carbocycles. The van der Waals surface area contributed by atoms with Crippen molar-refractivity contribution in [2.75, 3.05) is 0 Å². The third kappa shape index (κ3) is 3.65. The van der Waals surface area contributed by atoms with E-state index in [0.717, 1.165) is 60.2 Å². The minimum Gasteiger partial charge on any atom is -0.376 e. The summed E-state index contributed by atoms with van der Waals surface area (Å²) in [6.45, 7) is 0.562. The normalized spacial score (nSPS) is 22.2. The lowest BCUT2D eigenvalue weighted by molar-refractivity contribution is -0.123. The summed E-state index contributed by atoms with van der Waals surface area (Å²) in [6, 6.07) is 25.7. The lowest BCUT2D eigenvalue weighted by atomic mass is 9.98. The van der Waals surface area contributed by atoms with Gasteiger partial charge in [-0.1, -0.05) is 54.6 Å². The SMILES string of the molecule is OC12CCCC(CC1)N2Cc1cnn(-c2ccc(-c3ccccc3)cc2)c1-c1ccccc1F. The molecule has 0 spiro atoms. The minimum atomic E-state index is -0.755. The zero-order chi connectivity index (χ0) is 23.1. The summed E-state index contributed by atoms with van der Waals surface area (Å²) in [5.74, 6) is -0.272. The number of hydrogen-bond donors (Lipinski definition) is 1. The number of halogens is 1. The van der Waals surface area contributed by atoms with Crippen molar-refractivity contribution in [3.8, 4) is 28.1 Å². The molecule has 6 rings (SSSR count).